The van der Waals surface area contributed by atoms with Gasteiger partial charge in [0.25, 0.3) is 5.56 Å². The molecule has 0 radical (unpaired) electrons. The lowest BCUT2D eigenvalue weighted by molar-refractivity contribution is 0.532. The Hall–Kier alpha value is -1.07. The largest absolute Gasteiger partial charge is 0.375 e. The standard InChI is InChI=1S/C14H23ClN4O/c1-2-3-4-11(7-16)18-13-12(15)8-17-19(14(13)20)9-10-5-6-10/h8,10-11,18H,2-7,9,16H2,1H3. The lowest BCUT2D eigenvalue weighted by Crippen LogP contribution is -2.34. The highest BCUT2D eigenvalue weighted by Crippen LogP contribution is 2.30. The molecular weight excluding hydrogens is 276 g/mol. The molecule has 20 heavy (non-hydrogen) atoms. The van der Waals surface area contributed by atoms with E-state index < -0.39 is 0 Å². The Kier molecular flexibility index (Phi) is 5.43. The molecule has 0 saturated heterocycles. The third kappa shape index (κ3) is 3.96. The molecule has 1 unspecified atom stereocenters. The number of hydrogen-bond donors (Lipinski definition) is 2. The average molecular weight is 299 g/mol. The van der Waals surface area contributed by atoms with E-state index in [9.17, 15) is 4.79 Å². The van der Waals surface area contributed by atoms with Gasteiger partial charge in [0.15, 0.2) is 0 Å². The number of nitrogens with two attached hydrogens (primary N) is 1. The van der Waals surface area contributed by atoms with Crippen molar-refractivity contribution in [3.05, 3.63) is 21.6 Å². The molecule has 1 atom stereocenters. The van der Waals surface area contributed by atoms with E-state index in [2.05, 4.69) is 17.3 Å². The van der Waals surface area contributed by atoms with Crippen LogP contribution in [-0.2, 0) is 6.54 Å². The van der Waals surface area contributed by atoms with Gasteiger partial charge in [0.1, 0.15) is 5.69 Å². The van der Waals surface area contributed by atoms with Crippen LogP contribution in [0.25, 0.3) is 0 Å². The zero-order valence-corrected chi connectivity index (χ0v) is 12.7. The van der Waals surface area contributed by atoms with Crippen LogP contribution in [0.3, 0.4) is 0 Å². The van der Waals surface area contributed by atoms with E-state index in [4.69, 9.17) is 17.3 Å². The Morgan fingerprint density at radius 3 is 2.95 bits per heavy atom. The van der Waals surface area contributed by atoms with Crippen LogP contribution in [0.2, 0.25) is 5.02 Å². The molecule has 1 saturated carbocycles. The summed E-state index contributed by atoms with van der Waals surface area (Å²) in [5, 5.41) is 7.69. The fourth-order valence-electron chi connectivity index (χ4n) is 2.18. The topological polar surface area (TPSA) is 72.9 Å². The predicted octanol–water partition coefficient (Wildman–Crippen LogP) is 2.24. The molecule has 0 aromatic carbocycles. The van der Waals surface area contributed by atoms with Crippen LogP contribution in [0.4, 0.5) is 5.69 Å². The van der Waals surface area contributed by atoms with Crippen LogP contribution in [0.5, 0.6) is 0 Å². The highest BCUT2D eigenvalue weighted by atomic mass is 35.5. The first-order valence-electron chi connectivity index (χ1n) is 7.38. The summed E-state index contributed by atoms with van der Waals surface area (Å²) in [6.45, 7) is 3.31. The number of nitrogens with one attached hydrogen (secondary N) is 1. The fraction of sp³-hybridized carbons (Fsp3) is 0.714. The first-order chi connectivity index (χ1) is 9.65. The maximum Gasteiger partial charge on any atom is 0.291 e. The maximum atomic E-state index is 12.4. The summed E-state index contributed by atoms with van der Waals surface area (Å²) in [6.07, 6.45) is 7.03. The minimum Gasteiger partial charge on any atom is -0.375 e. The van der Waals surface area contributed by atoms with Crippen LogP contribution in [0.1, 0.15) is 39.0 Å². The summed E-state index contributed by atoms with van der Waals surface area (Å²) in [4.78, 5) is 12.4. The molecule has 3 N–H and O–H groups in total. The maximum absolute atomic E-state index is 12.4. The fourth-order valence-corrected chi connectivity index (χ4v) is 2.36. The highest BCUT2D eigenvalue weighted by molar-refractivity contribution is 6.33. The second-order valence-corrected chi connectivity index (χ2v) is 5.92. The molecule has 1 heterocycles. The van der Waals surface area contributed by atoms with Crippen molar-refractivity contribution >= 4 is 17.3 Å². The van der Waals surface area contributed by atoms with Crippen LogP contribution in [0, 0.1) is 5.92 Å². The van der Waals surface area contributed by atoms with Gasteiger partial charge in [-0.15, -0.1) is 0 Å². The Morgan fingerprint density at radius 2 is 2.35 bits per heavy atom. The SMILES string of the molecule is CCCCC(CN)Nc1c(Cl)cnn(CC2CC2)c1=O. The van der Waals surface area contributed by atoms with E-state index in [-0.39, 0.29) is 11.6 Å². The second-order valence-electron chi connectivity index (χ2n) is 5.52. The van der Waals surface area contributed by atoms with E-state index in [0.717, 1.165) is 19.3 Å². The van der Waals surface area contributed by atoms with Gasteiger partial charge in [-0.2, -0.15) is 5.10 Å². The van der Waals surface area contributed by atoms with Crippen molar-refractivity contribution in [1.82, 2.24) is 9.78 Å². The van der Waals surface area contributed by atoms with Crippen molar-refractivity contribution < 1.29 is 0 Å². The molecule has 6 heteroatoms. The van der Waals surface area contributed by atoms with Gasteiger partial charge in [-0.25, -0.2) is 4.68 Å². The molecule has 112 valence electrons. The number of rotatable bonds is 8. The second kappa shape index (κ2) is 7.09. The summed E-state index contributed by atoms with van der Waals surface area (Å²) in [5.74, 6) is 0.597. The van der Waals surface area contributed by atoms with Crippen LogP contribution >= 0.6 is 11.6 Å². The number of halogens is 1. The quantitative estimate of drug-likeness (QED) is 0.772. The molecule has 1 aromatic rings. The summed E-state index contributed by atoms with van der Waals surface area (Å²) in [6, 6.07) is 0.0805. The van der Waals surface area contributed by atoms with Crippen molar-refractivity contribution in [1.29, 1.82) is 0 Å². The van der Waals surface area contributed by atoms with Gasteiger partial charge < -0.3 is 11.1 Å². The van der Waals surface area contributed by atoms with E-state index >= 15 is 0 Å². The molecule has 1 fully saturated rings. The van der Waals surface area contributed by atoms with Crippen LogP contribution in [0.15, 0.2) is 11.0 Å². The van der Waals surface area contributed by atoms with E-state index in [1.54, 1.807) is 6.20 Å². The van der Waals surface area contributed by atoms with Crippen LogP contribution in [-0.4, -0.2) is 22.4 Å². The summed E-state index contributed by atoms with van der Waals surface area (Å²) in [7, 11) is 0. The number of nitrogens with zero attached hydrogens (tertiary/aromatic N) is 2. The minimum absolute atomic E-state index is 0.0805. The van der Waals surface area contributed by atoms with Crippen molar-refractivity contribution in [2.24, 2.45) is 11.7 Å². The van der Waals surface area contributed by atoms with Crippen molar-refractivity contribution in [3.63, 3.8) is 0 Å². The molecule has 1 aliphatic rings. The Bertz CT molecular complexity index is 498. The summed E-state index contributed by atoms with van der Waals surface area (Å²) < 4.78 is 1.51. The van der Waals surface area contributed by atoms with E-state index in [1.807, 2.05) is 0 Å². The zero-order valence-electron chi connectivity index (χ0n) is 11.9. The van der Waals surface area contributed by atoms with Crippen LogP contribution < -0.4 is 16.6 Å². The molecule has 0 spiro atoms. The van der Waals surface area contributed by atoms with Gasteiger partial charge in [0.2, 0.25) is 0 Å². The van der Waals surface area contributed by atoms with Crippen molar-refractivity contribution in [2.75, 3.05) is 11.9 Å². The third-order valence-corrected chi connectivity index (χ3v) is 3.95. The number of hydrogen-bond acceptors (Lipinski definition) is 4. The number of unbranched alkanes of at least 4 members (excludes halogenated alkanes) is 1. The Balaban J connectivity index is 2.13. The van der Waals surface area contributed by atoms with Gasteiger partial charge in [-0.05, 0) is 25.2 Å². The zero-order chi connectivity index (χ0) is 14.5. The van der Waals surface area contributed by atoms with E-state index in [1.165, 1.54) is 17.5 Å². The van der Waals surface area contributed by atoms with Crippen molar-refractivity contribution in [3.8, 4) is 0 Å². The van der Waals surface area contributed by atoms with Gasteiger partial charge in [0, 0.05) is 19.1 Å². The lowest BCUT2D eigenvalue weighted by Gasteiger charge is -2.18. The van der Waals surface area contributed by atoms with Gasteiger partial charge in [-0.3, -0.25) is 4.79 Å². The molecule has 0 bridgehead atoms. The van der Waals surface area contributed by atoms with Crippen molar-refractivity contribution in [2.45, 2.75) is 51.6 Å². The van der Waals surface area contributed by atoms with Gasteiger partial charge in [0.05, 0.1) is 11.2 Å². The summed E-state index contributed by atoms with van der Waals surface area (Å²) >= 11 is 6.11. The van der Waals surface area contributed by atoms with Gasteiger partial charge >= 0.3 is 0 Å². The third-order valence-electron chi connectivity index (χ3n) is 3.66. The molecular formula is C14H23ClN4O. The predicted molar refractivity (Wildman–Crippen MR) is 82.2 cm³/mol. The summed E-state index contributed by atoms with van der Waals surface area (Å²) in [5.41, 5.74) is 6.06. The molecule has 0 aliphatic heterocycles. The normalized spacial score (nSPS) is 16.1. The smallest absolute Gasteiger partial charge is 0.291 e. The highest BCUT2D eigenvalue weighted by Gasteiger charge is 2.24. The Morgan fingerprint density at radius 1 is 1.60 bits per heavy atom. The Labute approximate surface area is 124 Å². The number of aromatic nitrogens is 2. The average Bonchev–Trinajstić information content (AvgIpc) is 3.25. The molecule has 0 amide bonds. The first kappa shape index (κ1) is 15.3. The molecule has 2 rings (SSSR count). The molecule has 1 aliphatic carbocycles. The molecule has 5 nitrogen and oxygen atoms in total. The van der Waals surface area contributed by atoms with Gasteiger partial charge in [-0.1, -0.05) is 31.4 Å². The monoisotopic (exact) mass is 298 g/mol. The number of anilines is 1. The minimum atomic E-state index is -0.139. The first-order valence-corrected chi connectivity index (χ1v) is 7.75. The molecule has 1 aromatic heterocycles. The lowest BCUT2D eigenvalue weighted by atomic mass is 10.1. The van der Waals surface area contributed by atoms with E-state index in [0.29, 0.717) is 29.7 Å².